The summed E-state index contributed by atoms with van der Waals surface area (Å²) < 4.78 is 38.4. The highest BCUT2D eigenvalue weighted by Gasteiger charge is 2.33. The average molecular weight is 349 g/mol. The summed E-state index contributed by atoms with van der Waals surface area (Å²) in [5, 5.41) is 0. The molecule has 0 saturated carbocycles. The van der Waals surface area contributed by atoms with Crippen LogP contribution in [-0.2, 0) is 10.0 Å². The molecule has 2 aromatic carbocycles. The first-order chi connectivity index (χ1) is 11.1. The van der Waals surface area contributed by atoms with Crippen LogP contribution in [0.25, 0.3) is 0 Å². The number of thioether (sulfide) groups is 1. The predicted molar refractivity (Wildman–Crippen MR) is 89.0 cm³/mol. The van der Waals surface area contributed by atoms with Gasteiger partial charge in [-0.15, -0.1) is 11.8 Å². The lowest BCUT2D eigenvalue weighted by molar-refractivity contribution is 0.172. The van der Waals surface area contributed by atoms with Gasteiger partial charge in [0.25, 0.3) is 10.0 Å². The number of benzene rings is 2. The van der Waals surface area contributed by atoms with Crippen molar-refractivity contribution in [3.63, 3.8) is 0 Å². The van der Waals surface area contributed by atoms with Crippen molar-refractivity contribution in [1.82, 2.24) is 0 Å². The van der Waals surface area contributed by atoms with Crippen LogP contribution in [0.2, 0.25) is 0 Å². The fourth-order valence-corrected chi connectivity index (χ4v) is 5.46. The molecular formula is C16H15NO4S2. The molecule has 0 atom stereocenters. The van der Waals surface area contributed by atoms with E-state index in [0.717, 1.165) is 10.5 Å². The molecule has 0 bridgehead atoms. The maximum atomic E-state index is 13.0. The molecule has 2 heterocycles. The van der Waals surface area contributed by atoms with E-state index in [0.29, 0.717) is 34.4 Å². The topological polar surface area (TPSA) is 55.8 Å². The monoisotopic (exact) mass is 349 g/mol. The maximum absolute atomic E-state index is 13.0. The maximum Gasteiger partial charge on any atom is 0.264 e. The van der Waals surface area contributed by atoms with Gasteiger partial charge in [0.05, 0.1) is 15.5 Å². The molecule has 0 spiro atoms. The average Bonchev–Trinajstić information content (AvgIpc) is 3.03. The molecule has 0 aliphatic carbocycles. The van der Waals surface area contributed by atoms with Gasteiger partial charge in [-0.3, -0.25) is 4.31 Å². The van der Waals surface area contributed by atoms with E-state index >= 15 is 0 Å². The van der Waals surface area contributed by atoms with Gasteiger partial charge in [-0.2, -0.15) is 0 Å². The first-order valence-corrected chi connectivity index (χ1v) is 9.65. The zero-order chi connectivity index (χ0) is 16.0. The number of sulfonamides is 1. The van der Waals surface area contributed by atoms with Crippen LogP contribution in [0.3, 0.4) is 0 Å². The Morgan fingerprint density at radius 2 is 1.87 bits per heavy atom. The Hall–Kier alpha value is -1.86. The van der Waals surface area contributed by atoms with E-state index in [-0.39, 0.29) is 6.79 Å². The van der Waals surface area contributed by atoms with Crippen molar-refractivity contribution < 1.29 is 17.9 Å². The van der Waals surface area contributed by atoms with E-state index in [1.165, 1.54) is 4.31 Å². The number of nitrogens with zero attached hydrogens (tertiary/aromatic N) is 1. The van der Waals surface area contributed by atoms with Gasteiger partial charge < -0.3 is 9.47 Å². The minimum absolute atomic E-state index is 0.178. The van der Waals surface area contributed by atoms with E-state index in [4.69, 9.17) is 9.47 Å². The molecule has 7 heteroatoms. The first-order valence-electron chi connectivity index (χ1n) is 7.22. The molecule has 23 heavy (non-hydrogen) atoms. The first kappa shape index (κ1) is 14.7. The molecule has 0 saturated heterocycles. The molecule has 2 aliphatic heterocycles. The highest BCUT2D eigenvalue weighted by Crippen LogP contribution is 2.49. The molecule has 0 radical (unpaired) electrons. The Labute approximate surface area is 139 Å². The Morgan fingerprint density at radius 1 is 1.09 bits per heavy atom. The fraction of sp³-hybridized carbons (Fsp3) is 0.250. The van der Waals surface area contributed by atoms with E-state index in [1.807, 2.05) is 19.1 Å². The van der Waals surface area contributed by atoms with Crippen molar-refractivity contribution in [2.24, 2.45) is 0 Å². The summed E-state index contributed by atoms with van der Waals surface area (Å²) in [4.78, 5) is 1.14. The molecule has 0 aromatic heterocycles. The Kier molecular flexibility index (Phi) is 3.42. The van der Waals surface area contributed by atoms with Crippen LogP contribution in [0.15, 0.2) is 46.2 Å². The van der Waals surface area contributed by atoms with Gasteiger partial charge in [-0.05, 0) is 31.2 Å². The van der Waals surface area contributed by atoms with Gasteiger partial charge in [0, 0.05) is 12.3 Å². The lowest BCUT2D eigenvalue weighted by atomic mass is 10.2. The Bertz CT molecular complexity index is 862. The second kappa shape index (κ2) is 5.35. The number of anilines is 1. The highest BCUT2D eigenvalue weighted by molar-refractivity contribution is 8.00. The van der Waals surface area contributed by atoms with Crippen molar-refractivity contribution in [3.05, 3.63) is 42.0 Å². The van der Waals surface area contributed by atoms with Crippen LogP contribution in [0.4, 0.5) is 5.69 Å². The number of aryl methyl sites for hydroxylation is 1. The number of ether oxygens (including phenoxy) is 2. The van der Waals surface area contributed by atoms with Crippen molar-refractivity contribution >= 4 is 27.5 Å². The zero-order valence-corrected chi connectivity index (χ0v) is 14.1. The number of hydrogen-bond acceptors (Lipinski definition) is 5. The number of rotatable bonds is 2. The fourth-order valence-electron chi connectivity index (χ4n) is 2.71. The summed E-state index contributed by atoms with van der Waals surface area (Å²) in [6, 6.07) is 10.5. The van der Waals surface area contributed by atoms with Crippen molar-refractivity contribution in [1.29, 1.82) is 0 Å². The molecule has 4 rings (SSSR count). The smallest absolute Gasteiger partial charge is 0.264 e. The summed E-state index contributed by atoms with van der Waals surface area (Å²) in [6.45, 7) is 2.55. The third-order valence-corrected chi connectivity index (χ3v) is 6.79. The molecule has 2 aromatic rings. The van der Waals surface area contributed by atoms with Crippen molar-refractivity contribution in [3.8, 4) is 11.5 Å². The molecule has 0 N–H and O–H groups in total. The highest BCUT2D eigenvalue weighted by atomic mass is 32.2. The van der Waals surface area contributed by atoms with Crippen molar-refractivity contribution in [2.45, 2.75) is 16.7 Å². The SMILES string of the molecule is Cc1ccc(S(=O)(=O)N2CCSc3c2ccc2c3OCO2)cc1. The molecule has 120 valence electrons. The third kappa shape index (κ3) is 2.35. The van der Waals surface area contributed by atoms with Crippen LogP contribution in [0.1, 0.15) is 5.56 Å². The largest absolute Gasteiger partial charge is 0.454 e. The van der Waals surface area contributed by atoms with Gasteiger partial charge in [-0.1, -0.05) is 17.7 Å². The lowest BCUT2D eigenvalue weighted by Gasteiger charge is -2.30. The van der Waals surface area contributed by atoms with E-state index in [9.17, 15) is 8.42 Å². The molecular weight excluding hydrogens is 334 g/mol. The van der Waals surface area contributed by atoms with Gasteiger partial charge in [-0.25, -0.2) is 8.42 Å². The van der Waals surface area contributed by atoms with E-state index < -0.39 is 10.0 Å². The number of fused-ring (bicyclic) bond motifs is 3. The molecule has 0 fully saturated rings. The third-order valence-electron chi connectivity index (χ3n) is 3.89. The predicted octanol–water partition coefficient (Wildman–Crippen LogP) is 3.02. The van der Waals surface area contributed by atoms with E-state index in [2.05, 4.69) is 0 Å². The van der Waals surface area contributed by atoms with Crippen LogP contribution in [0.5, 0.6) is 11.5 Å². The lowest BCUT2D eigenvalue weighted by Crippen LogP contribution is -2.35. The summed E-state index contributed by atoms with van der Waals surface area (Å²) in [7, 11) is -3.59. The van der Waals surface area contributed by atoms with Crippen LogP contribution < -0.4 is 13.8 Å². The zero-order valence-electron chi connectivity index (χ0n) is 12.5. The molecule has 0 amide bonds. The van der Waals surface area contributed by atoms with Gasteiger partial charge >= 0.3 is 0 Å². The Morgan fingerprint density at radius 3 is 2.65 bits per heavy atom. The molecule has 0 unspecified atom stereocenters. The molecule has 2 aliphatic rings. The second-order valence-electron chi connectivity index (χ2n) is 5.39. The van der Waals surface area contributed by atoms with Crippen LogP contribution in [-0.4, -0.2) is 27.5 Å². The normalized spacial score (nSPS) is 16.3. The summed E-state index contributed by atoms with van der Waals surface area (Å²) >= 11 is 1.60. The van der Waals surface area contributed by atoms with Gasteiger partial charge in [0.15, 0.2) is 11.5 Å². The minimum Gasteiger partial charge on any atom is -0.454 e. The quantitative estimate of drug-likeness (QED) is 0.834. The molecule has 5 nitrogen and oxygen atoms in total. The Balaban J connectivity index is 1.81. The number of hydrogen-bond donors (Lipinski definition) is 0. The minimum atomic E-state index is -3.59. The summed E-state index contributed by atoms with van der Waals surface area (Å²) in [5.41, 5.74) is 1.69. The van der Waals surface area contributed by atoms with Crippen LogP contribution in [0, 0.1) is 6.92 Å². The summed E-state index contributed by atoms with van der Waals surface area (Å²) in [6.07, 6.45) is 0. The van der Waals surface area contributed by atoms with Gasteiger partial charge in [0.1, 0.15) is 0 Å². The van der Waals surface area contributed by atoms with Crippen LogP contribution >= 0.6 is 11.8 Å². The second-order valence-corrected chi connectivity index (χ2v) is 8.35. The summed E-state index contributed by atoms with van der Waals surface area (Å²) in [5.74, 6) is 2.00. The van der Waals surface area contributed by atoms with Gasteiger partial charge in [0.2, 0.25) is 6.79 Å². The standard InChI is InChI=1S/C16H15NO4S2/c1-11-2-4-12(5-3-11)23(18,19)17-8-9-22-16-13(17)6-7-14-15(16)21-10-20-14/h2-7H,8-10H2,1H3. The van der Waals surface area contributed by atoms with Crippen molar-refractivity contribution in [2.75, 3.05) is 23.4 Å². The van der Waals surface area contributed by atoms with E-state index in [1.54, 1.807) is 36.0 Å².